The first-order valence-electron chi connectivity index (χ1n) is 12.0. The van der Waals surface area contributed by atoms with Crippen LogP contribution >= 0.6 is 0 Å². The molecule has 0 aromatic rings. The molecule has 10 heteroatoms. The van der Waals surface area contributed by atoms with Crippen molar-refractivity contribution in [2.75, 3.05) is 6.58 Å². The summed E-state index contributed by atoms with van der Waals surface area (Å²) >= 11 is 0. The SMILES string of the molecule is C#CO.[2H]C1O[C@]([2H])(O[C@@]2([2H])O[C@]([2H])(C([2H])([2H])C)[C@@]([2H])(O)C([2H])(O)C2([2H])O)C([2H])(O)[C@@]([2H])(O)[C@]1([2H])O. The highest BCUT2D eigenvalue weighted by atomic mass is 16.8. The molecule has 7 N–H and O–H groups in total. The van der Waals surface area contributed by atoms with Crippen LogP contribution in [0.15, 0.2) is 0 Å². The zero-order valence-electron chi connectivity index (χ0n) is 24.0. The van der Waals surface area contributed by atoms with Crippen molar-refractivity contribution in [1.82, 2.24) is 0 Å². The van der Waals surface area contributed by atoms with E-state index in [1.54, 1.807) is 0 Å². The minimum atomic E-state index is -4.51. The molecule has 0 bridgehead atoms. The third kappa shape index (κ3) is 4.76. The second kappa shape index (κ2) is 9.47. The Kier molecular flexibility index (Phi) is 3.59. The second-order valence-corrected chi connectivity index (χ2v) is 3.85. The van der Waals surface area contributed by atoms with Crippen LogP contribution in [0.1, 0.15) is 29.7 Å². The van der Waals surface area contributed by atoms with Gasteiger partial charge >= 0.3 is 0 Å². The van der Waals surface area contributed by atoms with Crippen LogP contribution in [-0.4, -0.2) is 97.4 Å². The number of aliphatic hydroxyl groups excluding tert-OH is 1. The average Bonchev–Trinajstić information content (AvgIpc) is 2.64. The summed E-state index contributed by atoms with van der Waals surface area (Å²) in [6.45, 7) is -2.49. The van der Waals surface area contributed by atoms with Crippen molar-refractivity contribution >= 4 is 0 Å². The van der Waals surface area contributed by atoms with Crippen molar-refractivity contribution in [1.29, 1.82) is 0 Å². The molecule has 2 heterocycles. The van der Waals surface area contributed by atoms with Crippen LogP contribution in [0.5, 0.6) is 0 Å². The van der Waals surface area contributed by atoms with Gasteiger partial charge in [-0.25, -0.2) is 0 Å². The topological polar surface area (TPSA) is 169 Å². The normalized spacial score (nSPS) is 84.2. The molecule has 2 aliphatic rings. The molecule has 0 aliphatic carbocycles. The Hall–Kier alpha value is -1.00. The molecule has 24 heavy (non-hydrogen) atoms. The summed E-state index contributed by atoms with van der Waals surface area (Å²) in [4.78, 5) is 0. The third-order valence-electron chi connectivity index (χ3n) is 2.40. The highest BCUT2D eigenvalue weighted by Gasteiger charge is 2.47. The van der Waals surface area contributed by atoms with Gasteiger partial charge in [0.25, 0.3) is 0 Å². The number of aliphatic hydroxyl groups is 7. The maximum absolute atomic E-state index is 10.4. The molecule has 2 fully saturated rings. The van der Waals surface area contributed by atoms with Gasteiger partial charge < -0.3 is 50.0 Å². The Labute approximate surface area is 155 Å². The molecule has 2 saturated heterocycles. The Bertz CT molecular complexity index is 902. The van der Waals surface area contributed by atoms with Gasteiger partial charge in [0.05, 0.1) is 26.4 Å². The Morgan fingerprint density at radius 2 is 1.67 bits per heavy atom. The van der Waals surface area contributed by atoms with Crippen LogP contribution in [0.25, 0.3) is 0 Å². The summed E-state index contributed by atoms with van der Waals surface area (Å²) in [6, 6.07) is 0. The third-order valence-corrected chi connectivity index (χ3v) is 2.40. The smallest absolute Gasteiger partial charge is 0.189 e. The van der Waals surface area contributed by atoms with Gasteiger partial charge in [-0.15, -0.1) is 0 Å². The number of hydrogen-bond acceptors (Lipinski definition) is 10. The lowest BCUT2D eigenvalue weighted by atomic mass is 9.97. The first kappa shape index (κ1) is 9.09. The molecule has 10 atom stereocenters. The molecule has 0 aromatic heterocycles. The first-order chi connectivity index (χ1) is 15.5. The van der Waals surface area contributed by atoms with Gasteiger partial charge in [-0.2, -0.15) is 0 Å². The first-order valence-corrected chi connectivity index (χ1v) is 5.90. The lowest BCUT2D eigenvalue weighted by Gasteiger charge is -2.43. The van der Waals surface area contributed by atoms with Gasteiger partial charge in [0.2, 0.25) is 0 Å². The van der Waals surface area contributed by atoms with Gasteiger partial charge in [-0.3, -0.25) is 0 Å². The molecule has 0 radical (unpaired) electrons. The zero-order chi connectivity index (χ0) is 29.4. The number of terminal acetylenes is 1. The summed E-state index contributed by atoms with van der Waals surface area (Å²) in [5, 5.41) is 68.0. The van der Waals surface area contributed by atoms with E-state index in [4.69, 9.17) is 21.6 Å². The van der Waals surface area contributed by atoms with Crippen molar-refractivity contribution in [2.45, 2.75) is 68.4 Å². The van der Waals surface area contributed by atoms with E-state index in [-0.39, 0.29) is 0 Å². The maximum Gasteiger partial charge on any atom is 0.189 e. The summed E-state index contributed by atoms with van der Waals surface area (Å²) < 4.78 is 106. The van der Waals surface area contributed by atoms with Gasteiger partial charge in [0, 0.05) is 2.74 Å². The Balaban J connectivity index is 0.00000205. The van der Waals surface area contributed by atoms with Gasteiger partial charge in [0.1, 0.15) is 42.6 Å². The van der Waals surface area contributed by atoms with Crippen molar-refractivity contribution in [3.63, 3.8) is 0 Å². The van der Waals surface area contributed by atoms with E-state index in [1.807, 2.05) is 0 Å². The molecule has 10 nitrogen and oxygen atoms in total. The van der Waals surface area contributed by atoms with Crippen LogP contribution < -0.4 is 0 Å². The Morgan fingerprint density at radius 1 is 1.12 bits per heavy atom. The van der Waals surface area contributed by atoms with Gasteiger partial charge in [-0.1, -0.05) is 13.3 Å². The van der Waals surface area contributed by atoms with E-state index < -0.39 is 68.0 Å². The molecule has 140 valence electrons. The highest BCUT2D eigenvalue weighted by Crippen LogP contribution is 2.27. The van der Waals surface area contributed by atoms with E-state index in [1.165, 1.54) is 6.11 Å². The van der Waals surface area contributed by atoms with Crippen molar-refractivity contribution < 1.29 is 66.4 Å². The molecule has 4 unspecified atom stereocenters. The van der Waals surface area contributed by atoms with Crippen molar-refractivity contribution in [2.24, 2.45) is 0 Å². The standard InChI is InChI=1S/C12H22O9.C2H2O/c1-2-5-7(15)8(16)10(18)12(20-5)21-11-9(17)6(14)4(13)3-19-11;1-2-3/h4-18H,2-3H2,1H3;1,3H/t4-,5-,6+,7-,8?,9?,10?,11-,12-;/m1./s1/i2D2,3D,4D,5D,6D,7D,8D,9D,10D,11D,12D;/t3?,4-,5-,6+,7-,8?,9?,10?,11-,12-;. The summed E-state index contributed by atoms with van der Waals surface area (Å²) in [5.74, 6) is 0. The van der Waals surface area contributed by atoms with Crippen LogP contribution in [0.3, 0.4) is 0 Å². The molecule has 0 spiro atoms. The predicted octanol–water partition coefficient (Wildman–Crippen LogP) is -3.39. The van der Waals surface area contributed by atoms with Crippen LogP contribution in [0.4, 0.5) is 0 Å². The van der Waals surface area contributed by atoms with Crippen LogP contribution in [0, 0.1) is 12.5 Å². The molecule has 0 amide bonds. The molecule has 0 aromatic carbocycles. The van der Waals surface area contributed by atoms with E-state index in [2.05, 4.69) is 20.6 Å². The number of rotatable bonds is 3. The number of hydrogen-bond donors (Lipinski definition) is 7. The van der Waals surface area contributed by atoms with Crippen LogP contribution in [-0.2, 0) is 14.2 Å². The highest BCUT2D eigenvalue weighted by molar-refractivity contribution is 4.90. The van der Waals surface area contributed by atoms with E-state index in [9.17, 15) is 30.6 Å². The predicted molar refractivity (Wildman–Crippen MR) is 76.6 cm³/mol. The van der Waals surface area contributed by atoms with E-state index >= 15 is 0 Å². The minimum absolute atomic E-state index is 0.446. The largest absolute Gasteiger partial charge is 0.462 e. The van der Waals surface area contributed by atoms with E-state index in [0.717, 1.165) is 0 Å². The molecule has 2 aliphatic heterocycles. The van der Waals surface area contributed by atoms with E-state index in [0.29, 0.717) is 6.92 Å². The fourth-order valence-electron chi connectivity index (χ4n) is 1.34. The van der Waals surface area contributed by atoms with Gasteiger partial charge in [-0.05, 0) is 6.37 Å². The fraction of sp³-hybridized carbons (Fsp3) is 0.857. The second-order valence-electron chi connectivity index (χ2n) is 3.85. The van der Waals surface area contributed by atoms with Crippen molar-refractivity contribution in [3.05, 3.63) is 0 Å². The number of ether oxygens (including phenoxy) is 3. The molecule has 2 rings (SSSR count). The maximum atomic E-state index is 10.4. The summed E-state index contributed by atoms with van der Waals surface area (Å²) in [6.07, 6.45) is -36.4. The molecule has 0 saturated carbocycles. The quantitative estimate of drug-likeness (QED) is 0.251. The molecular formula is C14H24O10. The average molecular weight is 364 g/mol. The summed E-state index contributed by atoms with van der Waals surface area (Å²) in [5.41, 5.74) is 0. The summed E-state index contributed by atoms with van der Waals surface area (Å²) in [7, 11) is 0. The fourth-order valence-corrected chi connectivity index (χ4v) is 1.34. The minimum Gasteiger partial charge on any atom is -0.462 e. The monoisotopic (exact) mass is 364 g/mol. The van der Waals surface area contributed by atoms with Crippen molar-refractivity contribution in [3.8, 4) is 12.5 Å². The zero-order valence-corrected chi connectivity index (χ0v) is 12.0. The lowest BCUT2D eigenvalue weighted by molar-refractivity contribution is -0.363. The lowest BCUT2D eigenvalue weighted by Crippen LogP contribution is -2.61. The van der Waals surface area contributed by atoms with Crippen LogP contribution in [0.2, 0.25) is 0 Å². The van der Waals surface area contributed by atoms with Gasteiger partial charge in [0.15, 0.2) is 12.5 Å². The Morgan fingerprint density at radius 3 is 2.21 bits per heavy atom. The molecular weight excluding hydrogens is 328 g/mol.